The molecule has 0 spiro atoms. The molecule has 0 aliphatic rings. The molecule has 10 nitrogen and oxygen atoms in total. The summed E-state index contributed by atoms with van der Waals surface area (Å²) in [6.07, 6.45) is 1.30. The number of benzene rings is 2. The first-order chi connectivity index (χ1) is 15.3. The number of carbonyl (C=O) groups is 4. The van der Waals surface area contributed by atoms with Crippen LogP contribution in [0.5, 0.6) is 0 Å². The normalized spacial score (nSPS) is 10.7. The van der Waals surface area contributed by atoms with E-state index in [-0.39, 0.29) is 33.0 Å². The van der Waals surface area contributed by atoms with Crippen LogP contribution in [0.25, 0.3) is 10.8 Å². The Morgan fingerprint density at radius 2 is 0.969 bits per heavy atom. The maximum atomic E-state index is 12.8. The highest BCUT2D eigenvalue weighted by Gasteiger charge is 2.25. The first-order valence-corrected chi connectivity index (χ1v) is 10.2. The molecule has 2 aromatic rings. The summed E-state index contributed by atoms with van der Waals surface area (Å²) in [5.74, 6) is -3.75. The van der Waals surface area contributed by atoms with E-state index in [2.05, 4.69) is 21.3 Å². The molecular formula is C22H28N4O6. The van der Waals surface area contributed by atoms with Crippen LogP contribution in [0.4, 0.5) is 0 Å². The van der Waals surface area contributed by atoms with Crippen molar-refractivity contribution in [1.82, 2.24) is 21.3 Å². The van der Waals surface area contributed by atoms with Crippen molar-refractivity contribution in [3.8, 4) is 0 Å². The number of nitrogens with one attached hydrogen (secondary N) is 4. The summed E-state index contributed by atoms with van der Waals surface area (Å²) in [6, 6.07) is 4.99. The van der Waals surface area contributed by atoms with Crippen molar-refractivity contribution in [2.24, 2.45) is 0 Å². The second-order valence-corrected chi connectivity index (χ2v) is 7.11. The van der Waals surface area contributed by atoms with Crippen molar-refractivity contribution < 1.29 is 29.4 Å². The van der Waals surface area contributed by atoms with Gasteiger partial charge in [-0.15, -0.1) is 0 Å². The van der Waals surface area contributed by atoms with Crippen LogP contribution in [0.3, 0.4) is 0 Å². The number of aromatic carboxylic acids is 2. The summed E-state index contributed by atoms with van der Waals surface area (Å²) < 4.78 is 0. The van der Waals surface area contributed by atoms with Gasteiger partial charge >= 0.3 is 11.9 Å². The molecule has 10 heteroatoms. The quantitative estimate of drug-likeness (QED) is 0.264. The zero-order chi connectivity index (χ0) is 23.7. The Hall–Kier alpha value is -3.50. The van der Waals surface area contributed by atoms with E-state index in [1.807, 2.05) is 0 Å². The van der Waals surface area contributed by atoms with E-state index in [1.165, 1.54) is 12.1 Å². The Bertz CT molecular complexity index is 941. The molecule has 0 aromatic heterocycles. The lowest BCUT2D eigenvalue weighted by atomic mass is 9.91. The summed E-state index contributed by atoms with van der Waals surface area (Å²) in [4.78, 5) is 49.4. The molecule has 6 N–H and O–H groups in total. The minimum absolute atomic E-state index is 0.00306. The Morgan fingerprint density at radius 1 is 0.625 bits per heavy atom. The van der Waals surface area contributed by atoms with E-state index >= 15 is 0 Å². The van der Waals surface area contributed by atoms with Crippen molar-refractivity contribution in [1.29, 1.82) is 0 Å². The molecule has 0 fully saturated rings. The topological polar surface area (TPSA) is 157 Å². The van der Waals surface area contributed by atoms with Crippen molar-refractivity contribution >= 4 is 34.5 Å². The summed E-state index contributed by atoms with van der Waals surface area (Å²) in [5.41, 5.74) is -0.515. The fraction of sp³-hybridized carbons (Fsp3) is 0.364. The van der Waals surface area contributed by atoms with Gasteiger partial charge in [0.25, 0.3) is 11.8 Å². The van der Waals surface area contributed by atoms with Crippen LogP contribution in [-0.4, -0.2) is 74.2 Å². The fourth-order valence-electron chi connectivity index (χ4n) is 3.36. The molecule has 0 atom stereocenters. The van der Waals surface area contributed by atoms with Crippen LogP contribution < -0.4 is 21.3 Å². The van der Waals surface area contributed by atoms with E-state index < -0.39 is 23.8 Å². The lowest BCUT2D eigenvalue weighted by molar-refractivity contribution is 0.0684. The highest BCUT2D eigenvalue weighted by Crippen LogP contribution is 2.30. The zero-order valence-electron chi connectivity index (χ0n) is 18.1. The minimum atomic E-state index is -1.33. The van der Waals surface area contributed by atoms with Gasteiger partial charge in [0.1, 0.15) is 0 Å². The van der Waals surface area contributed by atoms with Gasteiger partial charge in [-0.05, 0) is 64.3 Å². The van der Waals surface area contributed by atoms with Gasteiger partial charge in [-0.25, -0.2) is 9.59 Å². The Balaban J connectivity index is 2.63. The second-order valence-electron chi connectivity index (χ2n) is 7.11. The number of amides is 2. The first-order valence-electron chi connectivity index (χ1n) is 10.2. The van der Waals surface area contributed by atoms with Gasteiger partial charge in [-0.2, -0.15) is 0 Å². The van der Waals surface area contributed by atoms with Crippen LogP contribution >= 0.6 is 0 Å². The molecule has 172 valence electrons. The van der Waals surface area contributed by atoms with Gasteiger partial charge in [0.2, 0.25) is 0 Å². The predicted molar refractivity (Wildman–Crippen MR) is 120 cm³/mol. The van der Waals surface area contributed by atoms with Gasteiger partial charge in [-0.3, -0.25) is 9.59 Å². The SMILES string of the molecule is CNCCCNC(=O)c1ccc(C(=O)NCCCNC)c2c(C(=O)O)ccc(C(=O)O)c12. The Kier molecular flexibility index (Phi) is 9.11. The molecule has 0 radical (unpaired) electrons. The molecule has 0 saturated heterocycles. The van der Waals surface area contributed by atoms with E-state index in [1.54, 1.807) is 14.1 Å². The van der Waals surface area contributed by atoms with Gasteiger partial charge in [0.15, 0.2) is 0 Å². The molecule has 0 heterocycles. The van der Waals surface area contributed by atoms with Crippen molar-refractivity contribution in [2.75, 3.05) is 40.3 Å². The van der Waals surface area contributed by atoms with Crippen LogP contribution in [0, 0.1) is 0 Å². The smallest absolute Gasteiger partial charge is 0.336 e. The highest BCUT2D eigenvalue weighted by molar-refractivity contribution is 6.23. The second kappa shape index (κ2) is 11.8. The third-order valence-electron chi connectivity index (χ3n) is 4.89. The number of hydrogen-bond acceptors (Lipinski definition) is 6. The molecule has 2 aromatic carbocycles. The van der Waals surface area contributed by atoms with E-state index in [0.717, 1.165) is 12.1 Å². The largest absolute Gasteiger partial charge is 0.478 e. The summed E-state index contributed by atoms with van der Waals surface area (Å²) >= 11 is 0. The summed E-state index contributed by atoms with van der Waals surface area (Å²) in [5, 5.41) is 30.6. The van der Waals surface area contributed by atoms with Gasteiger partial charge in [0, 0.05) is 35.0 Å². The molecular weight excluding hydrogens is 416 g/mol. The fourth-order valence-corrected chi connectivity index (χ4v) is 3.36. The molecule has 0 bridgehead atoms. The molecule has 2 amide bonds. The number of carboxylic acid groups (broad SMARTS) is 2. The Morgan fingerprint density at radius 3 is 1.28 bits per heavy atom. The number of carboxylic acids is 2. The average Bonchev–Trinajstić information content (AvgIpc) is 2.77. The van der Waals surface area contributed by atoms with Crippen molar-refractivity contribution in [3.05, 3.63) is 46.5 Å². The average molecular weight is 444 g/mol. The number of hydrogen-bond donors (Lipinski definition) is 6. The first kappa shape index (κ1) is 24.8. The van der Waals surface area contributed by atoms with Crippen molar-refractivity contribution in [3.63, 3.8) is 0 Å². The number of fused-ring (bicyclic) bond motifs is 1. The lowest BCUT2D eigenvalue weighted by Gasteiger charge is -2.16. The molecule has 0 aliphatic heterocycles. The van der Waals surface area contributed by atoms with Crippen LogP contribution in [0.2, 0.25) is 0 Å². The van der Waals surface area contributed by atoms with E-state index in [0.29, 0.717) is 39.0 Å². The lowest BCUT2D eigenvalue weighted by Crippen LogP contribution is -2.29. The van der Waals surface area contributed by atoms with Crippen LogP contribution in [-0.2, 0) is 0 Å². The van der Waals surface area contributed by atoms with Gasteiger partial charge in [0.05, 0.1) is 11.1 Å². The highest BCUT2D eigenvalue weighted by atomic mass is 16.4. The summed E-state index contributed by atoms with van der Waals surface area (Å²) in [7, 11) is 3.56. The molecule has 32 heavy (non-hydrogen) atoms. The van der Waals surface area contributed by atoms with Crippen LogP contribution in [0.15, 0.2) is 24.3 Å². The Labute approximate surface area is 185 Å². The molecule has 2 rings (SSSR count). The monoisotopic (exact) mass is 444 g/mol. The van der Waals surface area contributed by atoms with E-state index in [9.17, 15) is 29.4 Å². The van der Waals surface area contributed by atoms with E-state index in [4.69, 9.17) is 0 Å². The maximum Gasteiger partial charge on any atom is 0.336 e. The molecule has 0 aliphatic carbocycles. The predicted octanol–water partition coefficient (Wildman–Crippen LogP) is 0.915. The molecule has 0 unspecified atom stereocenters. The summed E-state index contributed by atoms with van der Waals surface area (Å²) in [6.45, 7) is 2.04. The standard InChI is InChI=1S/C22H28N4O6/c1-23-9-3-11-25-19(27)13-5-6-14(20(28)26-12-4-10-24-2)18-16(22(31)32)8-7-15(17(13)18)21(29)30/h5-8,23-24H,3-4,9-12H2,1-2H3,(H,25,27)(H,26,28)(H,29,30)(H,31,32). The third kappa shape index (κ3) is 5.80. The van der Waals surface area contributed by atoms with Crippen LogP contribution in [0.1, 0.15) is 54.3 Å². The number of rotatable bonds is 12. The maximum absolute atomic E-state index is 12.8. The molecule has 0 saturated carbocycles. The van der Waals surface area contributed by atoms with Crippen molar-refractivity contribution in [2.45, 2.75) is 12.8 Å². The number of carbonyl (C=O) groups excluding carboxylic acids is 2. The minimum Gasteiger partial charge on any atom is -0.478 e. The van der Waals surface area contributed by atoms with Gasteiger partial charge < -0.3 is 31.5 Å². The zero-order valence-corrected chi connectivity index (χ0v) is 18.1. The third-order valence-corrected chi connectivity index (χ3v) is 4.89. The van der Waals surface area contributed by atoms with Gasteiger partial charge in [-0.1, -0.05) is 0 Å².